The molecule has 0 amide bonds. The maximum absolute atomic E-state index is 9.20. The van der Waals surface area contributed by atoms with E-state index in [1.807, 2.05) is 0 Å². The van der Waals surface area contributed by atoms with Gasteiger partial charge in [0.15, 0.2) is 6.33 Å². The van der Waals surface area contributed by atoms with Crippen molar-refractivity contribution >= 4 is 0 Å². The molecule has 2 rings (SSSR count). The van der Waals surface area contributed by atoms with Gasteiger partial charge in [-0.25, -0.2) is 4.68 Å². The minimum atomic E-state index is -0.619. The molecule has 7 heteroatoms. The van der Waals surface area contributed by atoms with E-state index >= 15 is 0 Å². The van der Waals surface area contributed by atoms with Crippen LogP contribution in [0, 0.1) is 0 Å². The Morgan fingerprint density at radius 2 is 2.50 bits per heavy atom. The van der Waals surface area contributed by atoms with Gasteiger partial charge in [-0.05, 0) is 6.92 Å². The second-order valence-corrected chi connectivity index (χ2v) is 2.85. The number of nitrogens with zero attached hydrogens (tertiary/aromatic N) is 5. The number of hydrogen-bond donors (Lipinski definition) is 1. The topological polar surface area (TPSA) is 89.9 Å². The fourth-order valence-corrected chi connectivity index (χ4v) is 0.986. The summed E-state index contributed by atoms with van der Waals surface area (Å²) in [6.07, 6.45) is 2.34. The Morgan fingerprint density at radius 1 is 1.64 bits per heavy atom. The van der Waals surface area contributed by atoms with Crippen molar-refractivity contribution < 1.29 is 9.63 Å². The number of hydrogen-bond acceptors (Lipinski definition) is 6. The molecule has 0 bridgehead atoms. The van der Waals surface area contributed by atoms with Crippen molar-refractivity contribution in [3.63, 3.8) is 0 Å². The predicted octanol–water partition coefficient (Wildman–Crippen LogP) is -0.237. The SMILES string of the molecule is CC(O)c1cn(Cc2ncno2)nn1. The van der Waals surface area contributed by atoms with Gasteiger partial charge in [0.05, 0.1) is 12.3 Å². The van der Waals surface area contributed by atoms with Crippen molar-refractivity contribution in [2.24, 2.45) is 0 Å². The van der Waals surface area contributed by atoms with E-state index in [-0.39, 0.29) is 0 Å². The average molecular weight is 195 g/mol. The average Bonchev–Trinajstić information content (AvgIpc) is 2.75. The second-order valence-electron chi connectivity index (χ2n) is 2.85. The van der Waals surface area contributed by atoms with Crippen molar-refractivity contribution in [3.8, 4) is 0 Å². The molecule has 0 aromatic carbocycles. The van der Waals surface area contributed by atoms with E-state index in [0.717, 1.165) is 0 Å². The summed E-state index contributed by atoms with van der Waals surface area (Å²) in [4.78, 5) is 3.84. The van der Waals surface area contributed by atoms with Gasteiger partial charge in [-0.1, -0.05) is 10.4 Å². The molecule has 0 aliphatic heterocycles. The Morgan fingerprint density at radius 3 is 3.07 bits per heavy atom. The van der Waals surface area contributed by atoms with Gasteiger partial charge in [0.1, 0.15) is 12.2 Å². The third-order valence-corrected chi connectivity index (χ3v) is 1.69. The molecule has 0 saturated carbocycles. The molecular formula is C7H9N5O2. The summed E-state index contributed by atoms with van der Waals surface area (Å²) in [6.45, 7) is 1.99. The molecule has 7 nitrogen and oxygen atoms in total. The molecule has 1 atom stereocenters. The van der Waals surface area contributed by atoms with Crippen LogP contribution in [0.2, 0.25) is 0 Å². The van der Waals surface area contributed by atoms with Crippen LogP contribution in [0.3, 0.4) is 0 Å². The van der Waals surface area contributed by atoms with Crippen LogP contribution < -0.4 is 0 Å². The summed E-state index contributed by atoms with van der Waals surface area (Å²) in [6, 6.07) is 0. The van der Waals surface area contributed by atoms with Crippen LogP contribution in [0.15, 0.2) is 17.0 Å². The molecule has 1 N–H and O–H groups in total. The maximum Gasteiger partial charge on any atom is 0.248 e. The zero-order valence-electron chi connectivity index (χ0n) is 7.53. The highest BCUT2D eigenvalue weighted by atomic mass is 16.5. The molecule has 0 aliphatic carbocycles. The van der Waals surface area contributed by atoms with Crippen molar-refractivity contribution in [2.45, 2.75) is 19.6 Å². The zero-order valence-corrected chi connectivity index (χ0v) is 7.53. The van der Waals surface area contributed by atoms with Crippen molar-refractivity contribution in [3.05, 3.63) is 24.1 Å². The molecule has 74 valence electrons. The number of aromatic nitrogens is 5. The van der Waals surface area contributed by atoms with E-state index in [2.05, 4.69) is 20.5 Å². The summed E-state index contributed by atoms with van der Waals surface area (Å²) in [7, 11) is 0. The zero-order chi connectivity index (χ0) is 9.97. The summed E-state index contributed by atoms with van der Waals surface area (Å²) >= 11 is 0. The highest BCUT2D eigenvalue weighted by Crippen LogP contribution is 2.06. The predicted molar refractivity (Wildman–Crippen MR) is 44.1 cm³/mol. The fourth-order valence-electron chi connectivity index (χ4n) is 0.986. The largest absolute Gasteiger partial charge is 0.387 e. The van der Waals surface area contributed by atoms with E-state index < -0.39 is 6.10 Å². The Hall–Kier alpha value is -1.76. The van der Waals surface area contributed by atoms with E-state index in [1.54, 1.807) is 13.1 Å². The highest BCUT2D eigenvalue weighted by Gasteiger charge is 2.07. The minimum Gasteiger partial charge on any atom is -0.387 e. The van der Waals surface area contributed by atoms with Gasteiger partial charge in [0.2, 0.25) is 5.89 Å². The second kappa shape index (κ2) is 3.54. The first-order chi connectivity index (χ1) is 6.75. The normalized spacial score (nSPS) is 13.0. The van der Waals surface area contributed by atoms with Gasteiger partial charge in [-0.15, -0.1) is 5.10 Å². The van der Waals surface area contributed by atoms with Gasteiger partial charge in [0.25, 0.3) is 0 Å². The lowest BCUT2D eigenvalue weighted by Crippen LogP contribution is -2.00. The first-order valence-corrected chi connectivity index (χ1v) is 4.09. The van der Waals surface area contributed by atoms with Crippen LogP contribution in [0.25, 0.3) is 0 Å². The summed E-state index contributed by atoms with van der Waals surface area (Å²) in [5, 5.41) is 20.2. The van der Waals surface area contributed by atoms with Crippen molar-refractivity contribution in [2.75, 3.05) is 0 Å². The Labute approximate surface area is 79.4 Å². The number of aliphatic hydroxyl groups excluding tert-OH is 1. The summed E-state index contributed by atoms with van der Waals surface area (Å²) < 4.78 is 6.32. The molecule has 0 aliphatic rings. The lowest BCUT2D eigenvalue weighted by atomic mass is 10.3. The van der Waals surface area contributed by atoms with Crippen LogP contribution in [-0.4, -0.2) is 30.2 Å². The van der Waals surface area contributed by atoms with Gasteiger partial charge < -0.3 is 9.63 Å². The summed E-state index contributed by atoms with van der Waals surface area (Å²) in [5.41, 5.74) is 0.518. The van der Waals surface area contributed by atoms with Gasteiger partial charge in [-0.3, -0.25) is 0 Å². The van der Waals surface area contributed by atoms with Crippen LogP contribution in [0.4, 0.5) is 0 Å². The monoisotopic (exact) mass is 195 g/mol. The molecule has 14 heavy (non-hydrogen) atoms. The number of rotatable bonds is 3. The molecule has 2 aromatic rings. The molecular weight excluding hydrogens is 186 g/mol. The minimum absolute atomic E-state index is 0.361. The molecule has 2 heterocycles. The molecule has 1 unspecified atom stereocenters. The standard InChI is InChI=1S/C7H9N5O2/c1-5(13)6-2-12(11-10-6)3-7-8-4-9-14-7/h2,4-5,13H,3H2,1H3. The lowest BCUT2D eigenvalue weighted by Gasteiger charge is -1.94. The molecule has 0 spiro atoms. The first kappa shape index (κ1) is 8.82. The van der Waals surface area contributed by atoms with Crippen LogP contribution >= 0.6 is 0 Å². The van der Waals surface area contributed by atoms with E-state index in [0.29, 0.717) is 18.1 Å². The first-order valence-electron chi connectivity index (χ1n) is 4.09. The van der Waals surface area contributed by atoms with Crippen molar-refractivity contribution in [1.29, 1.82) is 0 Å². The molecule has 2 aromatic heterocycles. The van der Waals surface area contributed by atoms with Gasteiger partial charge in [0, 0.05) is 0 Å². The third kappa shape index (κ3) is 1.77. The lowest BCUT2D eigenvalue weighted by molar-refractivity contribution is 0.194. The molecule has 0 radical (unpaired) electrons. The highest BCUT2D eigenvalue weighted by molar-refractivity contribution is 4.96. The van der Waals surface area contributed by atoms with Crippen LogP contribution in [0.5, 0.6) is 0 Å². The van der Waals surface area contributed by atoms with Crippen LogP contribution in [-0.2, 0) is 6.54 Å². The van der Waals surface area contributed by atoms with Crippen LogP contribution in [0.1, 0.15) is 24.6 Å². The van der Waals surface area contributed by atoms with E-state index in [4.69, 9.17) is 4.52 Å². The number of aliphatic hydroxyl groups is 1. The third-order valence-electron chi connectivity index (χ3n) is 1.69. The molecule has 0 fully saturated rings. The van der Waals surface area contributed by atoms with E-state index in [9.17, 15) is 5.11 Å². The van der Waals surface area contributed by atoms with Gasteiger partial charge in [-0.2, -0.15) is 4.98 Å². The Kier molecular flexibility index (Phi) is 2.23. The smallest absolute Gasteiger partial charge is 0.248 e. The Balaban J connectivity index is 2.11. The van der Waals surface area contributed by atoms with E-state index in [1.165, 1.54) is 11.0 Å². The van der Waals surface area contributed by atoms with Crippen molar-refractivity contribution in [1.82, 2.24) is 25.1 Å². The maximum atomic E-state index is 9.20. The summed E-state index contributed by atoms with van der Waals surface area (Å²) in [5.74, 6) is 0.451. The van der Waals surface area contributed by atoms with Gasteiger partial charge >= 0.3 is 0 Å². The molecule has 0 saturated heterocycles. The quantitative estimate of drug-likeness (QED) is 0.727. The fraction of sp³-hybridized carbons (Fsp3) is 0.429. The Bertz CT molecular complexity index is 394.